The fraction of sp³-hybridized carbons (Fsp3) is 0.711. The molecule has 7 atom stereocenters. The third-order valence-corrected chi connectivity index (χ3v) is 12.5. The fourth-order valence-corrected chi connectivity index (χ4v) is 8.58. The Morgan fingerprint density at radius 2 is 1.77 bits per heavy atom. The van der Waals surface area contributed by atoms with E-state index in [2.05, 4.69) is 46.3 Å². The summed E-state index contributed by atoms with van der Waals surface area (Å²) >= 11 is 1.33. The van der Waals surface area contributed by atoms with Crippen LogP contribution in [0.25, 0.3) is 10.4 Å². The molecular weight excluding hydrogens is 797 g/mol. The van der Waals surface area contributed by atoms with Crippen LogP contribution in [0.2, 0.25) is 0 Å². The number of nitrogens with one attached hydrogen (secondary N) is 2. The van der Waals surface area contributed by atoms with E-state index in [1.165, 1.54) is 11.3 Å². The highest BCUT2D eigenvalue weighted by Gasteiger charge is 2.38. The van der Waals surface area contributed by atoms with E-state index in [0.717, 1.165) is 63.5 Å². The minimum atomic E-state index is -0.944. The van der Waals surface area contributed by atoms with E-state index in [9.17, 15) is 24.3 Å². The molecule has 3 amide bonds. The molecule has 2 aromatic rings. The Morgan fingerprint density at radius 3 is 2.39 bits per heavy atom. The normalized spacial score (nSPS) is 17.3. The molecule has 16 heteroatoms. The number of amides is 3. The van der Waals surface area contributed by atoms with Gasteiger partial charge in [0.15, 0.2) is 0 Å². The Bertz CT molecular complexity index is 1700. The minimum absolute atomic E-state index is 0.0525. The quantitative estimate of drug-likeness (QED) is 0.0326. The first-order valence-corrected chi connectivity index (χ1v) is 23.3. The monoisotopic (exact) mass is 869 g/mol. The van der Waals surface area contributed by atoms with Gasteiger partial charge in [-0.1, -0.05) is 78.6 Å². The van der Waals surface area contributed by atoms with Gasteiger partial charge in [0.1, 0.15) is 28.6 Å². The average Bonchev–Trinajstić information content (AvgIpc) is 3.74. The maximum Gasteiger partial charge on any atom is 0.306 e. The van der Waals surface area contributed by atoms with E-state index < -0.39 is 36.0 Å². The Morgan fingerprint density at radius 1 is 1.03 bits per heavy atom. The van der Waals surface area contributed by atoms with E-state index in [-0.39, 0.29) is 47.8 Å². The maximum atomic E-state index is 14.7. The predicted molar refractivity (Wildman–Crippen MR) is 240 cm³/mol. The van der Waals surface area contributed by atoms with Gasteiger partial charge in [-0.15, -0.1) is 11.3 Å². The van der Waals surface area contributed by atoms with E-state index >= 15 is 0 Å². The van der Waals surface area contributed by atoms with Crippen molar-refractivity contribution in [3.63, 3.8) is 0 Å². The number of carbonyl (C=O) groups is 4. The van der Waals surface area contributed by atoms with Crippen molar-refractivity contribution in [2.75, 3.05) is 39.9 Å². The van der Waals surface area contributed by atoms with Crippen molar-refractivity contribution in [3.05, 3.63) is 56.4 Å². The summed E-state index contributed by atoms with van der Waals surface area (Å²) in [5.74, 6) is -1.55. The zero-order valence-corrected chi connectivity index (χ0v) is 38.6. The lowest BCUT2D eigenvalue weighted by Gasteiger charge is -2.40. The number of azide groups is 1. The minimum Gasteiger partial charge on any atom is -0.494 e. The number of thiazole rings is 1. The number of carboxylic acid groups (broad SMARTS) is 1. The van der Waals surface area contributed by atoms with Gasteiger partial charge in [0.2, 0.25) is 11.8 Å². The van der Waals surface area contributed by atoms with Crippen LogP contribution in [0.4, 0.5) is 0 Å². The summed E-state index contributed by atoms with van der Waals surface area (Å²) in [4.78, 5) is 65.7. The van der Waals surface area contributed by atoms with Gasteiger partial charge in [0.05, 0.1) is 18.6 Å². The molecule has 2 heterocycles. The Labute approximate surface area is 367 Å². The number of hydrogen-bond acceptors (Lipinski definition) is 10. The summed E-state index contributed by atoms with van der Waals surface area (Å²) in [6.07, 6.45) is 7.13. The first-order chi connectivity index (χ1) is 29.2. The molecule has 0 unspecified atom stereocenters. The summed E-state index contributed by atoms with van der Waals surface area (Å²) in [6.45, 7) is 16.7. The van der Waals surface area contributed by atoms with Crippen molar-refractivity contribution in [2.45, 2.75) is 149 Å². The number of ether oxygens (including phenoxy) is 2. The van der Waals surface area contributed by atoms with Crippen LogP contribution in [0.3, 0.4) is 0 Å². The molecule has 0 saturated carbocycles. The SMILES string of the molecule is CCCO[C@H](C[C@H](C(C)C)N(CCC)C(=O)[C@@H](NC(=O)[C@H]1CCCCN1C)[C@@H](C)CC)c1nc(C(=O)N[C@@H](Cc2ccc(OCCCCN=[N+]=[N-])cc2)C[C@H](C)C(=O)O)cs1. The van der Waals surface area contributed by atoms with Crippen LogP contribution in [-0.4, -0.2) is 108 Å². The standard InChI is InChI=1S/C45H72N8O7S/c1-9-22-53(44(56)40(31(6)11-3)50-42(55)37-16-12-14-23-52(37)8)38(30(4)5)28-39(60-24-10-2)43-49-36(29-61-43)41(54)48-34(26-32(7)45(57)58)27-33-17-19-35(20-18-33)59-25-15-13-21-47-51-46/h17-20,29-32,34,37-40H,9-16,21-28H2,1-8H3,(H,48,54)(H,50,55)(H,57,58)/t31-,32-,34+,37+,38+,39+,40-/m0/s1. The van der Waals surface area contributed by atoms with Gasteiger partial charge in [-0.2, -0.15) is 0 Å². The van der Waals surface area contributed by atoms with Gasteiger partial charge in [0, 0.05) is 48.5 Å². The number of benzene rings is 1. The Balaban J connectivity index is 1.81. The molecule has 0 spiro atoms. The summed E-state index contributed by atoms with van der Waals surface area (Å²) in [5, 5.41) is 21.9. The largest absolute Gasteiger partial charge is 0.494 e. The molecule has 0 bridgehead atoms. The number of unbranched alkanes of at least 4 members (excludes halogenated alkanes) is 1. The van der Waals surface area contributed by atoms with Gasteiger partial charge < -0.3 is 30.1 Å². The van der Waals surface area contributed by atoms with E-state index in [1.54, 1.807) is 12.3 Å². The second-order valence-corrected chi connectivity index (χ2v) is 17.8. The topological polar surface area (TPSA) is 199 Å². The highest BCUT2D eigenvalue weighted by molar-refractivity contribution is 7.09. The molecule has 15 nitrogen and oxygen atoms in total. The lowest BCUT2D eigenvalue weighted by Crippen LogP contribution is -2.58. The maximum absolute atomic E-state index is 14.7. The summed E-state index contributed by atoms with van der Waals surface area (Å²) in [7, 11) is 1.97. The van der Waals surface area contributed by atoms with Gasteiger partial charge in [-0.3, -0.25) is 24.1 Å². The lowest BCUT2D eigenvalue weighted by atomic mass is 9.92. The molecule has 3 N–H and O–H groups in total. The second kappa shape index (κ2) is 27.0. The molecule has 1 aromatic heterocycles. The van der Waals surface area contributed by atoms with E-state index in [0.29, 0.717) is 49.9 Å². The molecule has 1 aliphatic heterocycles. The molecule has 1 saturated heterocycles. The van der Waals surface area contributed by atoms with Crippen LogP contribution in [-0.2, 0) is 25.5 Å². The third kappa shape index (κ3) is 16.5. The van der Waals surface area contributed by atoms with Gasteiger partial charge >= 0.3 is 5.97 Å². The van der Waals surface area contributed by atoms with Crippen LogP contribution < -0.4 is 15.4 Å². The Kier molecular flexibility index (Phi) is 22.6. The van der Waals surface area contributed by atoms with Gasteiger partial charge in [0.25, 0.3) is 5.91 Å². The van der Waals surface area contributed by atoms with Gasteiger partial charge in [-0.25, -0.2) is 4.98 Å². The number of likely N-dealkylation sites (N-methyl/N-ethyl adjacent to an activating group) is 1. The van der Waals surface area contributed by atoms with E-state index in [4.69, 9.17) is 20.0 Å². The number of aromatic nitrogens is 1. The number of carbonyl (C=O) groups excluding carboxylic acids is 3. The lowest BCUT2D eigenvalue weighted by molar-refractivity contribution is -0.143. The summed E-state index contributed by atoms with van der Waals surface area (Å²) in [5.41, 5.74) is 9.56. The molecule has 340 valence electrons. The van der Waals surface area contributed by atoms with Crippen molar-refractivity contribution in [1.82, 2.24) is 25.4 Å². The molecule has 61 heavy (non-hydrogen) atoms. The number of hydrogen-bond donors (Lipinski definition) is 3. The predicted octanol–water partition coefficient (Wildman–Crippen LogP) is 8.20. The highest BCUT2D eigenvalue weighted by atomic mass is 32.1. The number of carboxylic acids is 1. The number of piperidine rings is 1. The Hall–Kier alpha value is -4.24. The molecule has 1 aromatic carbocycles. The second-order valence-electron chi connectivity index (χ2n) is 16.9. The van der Waals surface area contributed by atoms with Crippen LogP contribution >= 0.6 is 11.3 Å². The van der Waals surface area contributed by atoms with Crippen LogP contribution in [0.15, 0.2) is 34.8 Å². The first-order valence-electron chi connectivity index (χ1n) is 22.4. The van der Waals surface area contributed by atoms with Crippen molar-refractivity contribution in [2.24, 2.45) is 22.9 Å². The highest BCUT2D eigenvalue weighted by Crippen LogP contribution is 2.32. The summed E-state index contributed by atoms with van der Waals surface area (Å²) in [6, 6.07) is 5.87. The first kappa shape index (κ1) is 51.1. The third-order valence-electron chi connectivity index (χ3n) is 11.6. The van der Waals surface area contributed by atoms with Crippen LogP contribution in [0, 0.1) is 17.8 Å². The van der Waals surface area contributed by atoms with E-state index in [1.807, 2.05) is 57.0 Å². The smallest absolute Gasteiger partial charge is 0.306 e. The number of nitrogens with zero attached hydrogens (tertiary/aromatic N) is 6. The number of likely N-dealkylation sites (tertiary alicyclic amines) is 1. The average molecular weight is 869 g/mol. The fourth-order valence-electron chi connectivity index (χ4n) is 7.72. The molecule has 1 fully saturated rings. The molecular formula is C45H72N8O7S. The van der Waals surface area contributed by atoms with Crippen molar-refractivity contribution < 1.29 is 33.8 Å². The van der Waals surface area contributed by atoms with Crippen LogP contribution in [0.5, 0.6) is 5.75 Å². The zero-order chi connectivity index (χ0) is 44.9. The van der Waals surface area contributed by atoms with Crippen LogP contribution in [0.1, 0.15) is 140 Å². The zero-order valence-electron chi connectivity index (χ0n) is 37.8. The van der Waals surface area contributed by atoms with Crippen molar-refractivity contribution in [3.8, 4) is 5.75 Å². The molecule has 1 aliphatic rings. The van der Waals surface area contributed by atoms with Crippen molar-refractivity contribution >= 4 is 35.0 Å². The van der Waals surface area contributed by atoms with Crippen molar-refractivity contribution in [1.29, 1.82) is 0 Å². The molecule has 3 rings (SSSR count). The number of rotatable bonds is 28. The molecule has 0 aliphatic carbocycles. The number of aliphatic carboxylic acids is 1. The molecule has 0 radical (unpaired) electrons. The van der Waals surface area contributed by atoms with Gasteiger partial charge in [-0.05, 0) is 100 Å². The summed E-state index contributed by atoms with van der Waals surface area (Å²) < 4.78 is 12.3.